The van der Waals surface area contributed by atoms with Gasteiger partial charge >= 0.3 is 0 Å². The third-order valence-electron chi connectivity index (χ3n) is 4.01. The summed E-state index contributed by atoms with van der Waals surface area (Å²) in [6.07, 6.45) is 0. The van der Waals surface area contributed by atoms with Crippen LogP contribution in [0.4, 0.5) is 0 Å². The number of hydrogen-bond acceptors (Lipinski definition) is 4. The lowest BCUT2D eigenvalue weighted by molar-refractivity contribution is 0.0533. The van der Waals surface area contributed by atoms with E-state index in [0.717, 1.165) is 39.5 Å². The van der Waals surface area contributed by atoms with Crippen LogP contribution < -0.4 is 0 Å². The quantitative estimate of drug-likeness (QED) is 0.817. The van der Waals surface area contributed by atoms with Gasteiger partial charge in [0.1, 0.15) is 0 Å². The molecule has 2 saturated heterocycles. The van der Waals surface area contributed by atoms with E-state index in [9.17, 15) is 0 Å². The summed E-state index contributed by atoms with van der Waals surface area (Å²) >= 11 is 1.78. The number of methoxy groups -OCH3 is 1. The van der Waals surface area contributed by atoms with Gasteiger partial charge in [-0.25, -0.2) is 0 Å². The fraction of sp³-hybridized carbons (Fsp3) is 0.692. The predicted octanol–water partition coefficient (Wildman–Crippen LogP) is 1.84. The van der Waals surface area contributed by atoms with Crippen molar-refractivity contribution in [3.05, 3.63) is 22.4 Å². The lowest BCUT2D eigenvalue weighted by Crippen LogP contribution is -2.35. The van der Waals surface area contributed by atoms with Gasteiger partial charge in [-0.05, 0) is 22.4 Å². The molecule has 0 bridgehead atoms. The first-order valence-corrected chi connectivity index (χ1v) is 7.07. The van der Waals surface area contributed by atoms with E-state index < -0.39 is 0 Å². The lowest BCUT2D eigenvalue weighted by Gasteiger charge is -2.26. The largest absolute Gasteiger partial charge is 0.384 e. The van der Waals surface area contributed by atoms with Gasteiger partial charge < -0.3 is 9.47 Å². The van der Waals surface area contributed by atoms with Gasteiger partial charge in [0.15, 0.2) is 0 Å². The van der Waals surface area contributed by atoms with Crippen molar-refractivity contribution in [2.45, 2.75) is 6.54 Å². The van der Waals surface area contributed by atoms with Crippen molar-refractivity contribution in [1.29, 1.82) is 0 Å². The number of ether oxygens (including phenoxy) is 2. The van der Waals surface area contributed by atoms with Crippen LogP contribution in [-0.2, 0) is 16.0 Å². The van der Waals surface area contributed by atoms with Crippen LogP contribution in [0.2, 0.25) is 0 Å². The highest BCUT2D eigenvalue weighted by molar-refractivity contribution is 7.07. The molecular weight excluding hydrogens is 234 g/mol. The van der Waals surface area contributed by atoms with E-state index in [1.54, 1.807) is 18.4 Å². The number of thiophene rings is 1. The van der Waals surface area contributed by atoms with Gasteiger partial charge in [0.05, 0.1) is 19.8 Å². The number of rotatable bonds is 4. The SMILES string of the molecule is COC[C@]12COC[C@H]1CN(Cc1ccsc1)C2. The molecule has 3 nitrogen and oxygen atoms in total. The maximum absolute atomic E-state index is 5.65. The Labute approximate surface area is 106 Å². The minimum Gasteiger partial charge on any atom is -0.384 e. The molecule has 4 heteroatoms. The normalized spacial score (nSPS) is 33.1. The standard InChI is InChI=1S/C13H19NO2S/c1-15-9-13-8-14(4-11-2-3-17-7-11)5-12(13)6-16-10-13/h2-3,7,12H,4-6,8-10H2,1H3/t12-,13-/m1/s1. The predicted molar refractivity (Wildman–Crippen MR) is 68.2 cm³/mol. The van der Waals surface area contributed by atoms with Gasteiger partial charge in [0.2, 0.25) is 0 Å². The van der Waals surface area contributed by atoms with Gasteiger partial charge in [-0.2, -0.15) is 11.3 Å². The summed E-state index contributed by atoms with van der Waals surface area (Å²) in [6, 6.07) is 2.22. The first kappa shape index (κ1) is 11.7. The second-order valence-electron chi connectivity index (χ2n) is 5.31. The topological polar surface area (TPSA) is 21.7 Å². The van der Waals surface area contributed by atoms with Gasteiger partial charge in [-0.3, -0.25) is 4.90 Å². The van der Waals surface area contributed by atoms with E-state index in [1.807, 2.05) is 0 Å². The molecule has 0 aliphatic carbocycles. The maximum atomic E-state index is 5.65. The minimum absolute atomic E-state index is 0.255. The van der Waals surface area contributed by atoms with Gasteiger partial charge in [-0.1, -0.05) is 0 Å². The Bertz CT molecular complexity index is 368. The number of nitrogens with zero attached hydrogens (tertiary/aromatic N) is 1. The average Bonchev–Trinajstić information content (AvgIpc) is 2.94. The number of hydrogen-bond donors (Lipinski definition) is 0. The Morgan fingerprint density at radius 2 is 2.59 bits per heavy atom. The van der Waals surface area contributed by atoms with E-state index in [2.05, 4.69) is 21.7 Å². The molecule has 0 radical (unpaired) electrons. The molecule has 2 atom stereocenters. The Morgan fingerprint density at radius 3 is 3.35 bits per heavy atom. The monoisotopic (exact) mass is 253 g/mol. The Hall–Kier alpha value is -0.420. The fourth-order valence-electron chi connectivity index (χ4n) is 3.20. The molecule has 0 amide bonds. The van der Waals surface area contributed by atoms with Crippen molar-refractivity contribution in [3.8, 4) is 0 Å². The summed E-state index contributed by atoms with van der Waals surface area (Å²) in [5, 5.41) is 4.40. The second kappa shape index (κ2) is 4.69. The molecule has 2 aliphatic heterocycles. The van der Waals surface area contributed by atoms with Crippen LogP contribution in [0.15, 0.2) is 16.8 Å². The third kappa shape index (κ3) is 2.15. The zero-order valence-corrected chi connectivity index (χ0v) is 11.0. The molecule has 3 rings (SSSR count). The summed E-state index contributed by atoms with van der Waals surface area (Å²) in [5.74, 6) is 0.654. The summed E-state index contributed by atoms with van der Waals surface area (Å²) in [7, 11) is 1.80. The molecule has 1 aromatic rings. The van der Waals surface area contributed by atoms with Crippen LogP contribution in [0.3, 0.4) is 0 Å². The van der Waals surface area contributed by atoms with Crippen molar-refractivity contribution in [3.63, 3.8) is 0 Å². The summed E-state index contributed by atoms with van der Waals surface area (Å²) in [5.41, 5.74) is 1.69. The molecule has 0 unspecified atom stereocenters. The summed E-state index contributed by atoms with van der Waals surface area (Å²) < 4.78 is 11.1. The molecule has 0 spiro atoms. The van der Waals surface area contributed by atoms with Crippen molar-refractivity contribution < 1.29 is 9.47 Å². The third-order valence-corrected chi connectivity index (χ3v) is 4.74. The molecule has 1 aromatic heterocycles. The van der Waals surface area contributed by atoms with E-state index in [-0.39, 0.29) is 5.41 Å². The van der Waals surface area contributed by atoms with Crippen molar-refractivity contribution in [1.82, 2.24) is 4.90 Å². The van der Waals surface area contributed by atoms with Crippen molar-refractivity contribution in [2.24, 2.45) is 11.3 Å². The molecule has 0 N–H and O–H groups in total. The van der Waals surface area contributed by atoms with Crippen LogP contribution in [0, 0.1) is 11.3 Å². The van der Waals surface area contributed by atoms with Crippen molar-refractivity contribution >= 4 is 11.3 Å². The first-order valence-electron chi connectivity index (χ1n) is 6.12. The van der Waals surface area contributed by atoms with Crippen LogP contribution in [0.25, 0.3) is 0 Å². The molecular formula is C13H19NO2S. The summed E-state index contributed by atoms with van der Waals surface area (Å²) in [4.78, 5) is 2.55. The number of likely N-dealkylation sites (tertiary alicyclic amines) is 1. The van der Waals surface area contributed by atoms with Crippen LogP contribution in [-0.4, -0.2) is 44.9 Å². The minimum atomic E-state index is 0.255. The molecule has 3 heterocycles. The van der Waals surface area contributed by atoms with Gasteiger partial charge in [-0.15, -0.1) is 0 Å². The molecule has 94 valence electrons. The van der Waals surface area contributed by atoms with E-state index >= 15 is 0 Å². The Morgan fingerprint density at radius 1 is 1.65 bits per heavy atom. The Kier molecular flexibility index (Phi) is 3.21. The maximum Gasteiger partial charge on any atom is 0.0561 e. The molecule has 2 fully saturated rings. The molecule has 17 heavy (non-hydrogen) atoms. The lowest BCUT2D eigenvalue weighted by atomic mass is 9.82. The van der Waals surface area contributed by atoms with Crippen LogP contribution in [0.1, 0.15) is 5.56 Å². The number of fused-ring (bicyclic) bond motifs is 1. The highest BCUT2D eigenvalue weighted by Gasteiger charge is 2.50. The zero-order valence-electron chi connectivity index (χ0n) is 10.2. The van der Waals surface area contributed by atoms with Crippen LogP contribution in [0.5, 0.6) is 0 Å². The highest BCUT2D eigenvalue weighted by atomic mass is 32.1. The van der Waals surface area contributed by atoms with E-state index in [1.165, 1.54) is 5.56 Å². The van der Waals surface area contributed by atoms with Gasteiger partial charge in [0, 0.05) is 38.1 Å². The smallest absolute Gasteiger partial charge is 0.0561 e. The molecule has 2 aliphatic rings. The van der Waals surface area contributed by atoms with Crippen molar-refractivity contribution in [2.75, 3.05) is 40.0 Å². The Balaban J connectivity index is 1.67. The van der Waals surface area contributed by atoms with Crippen LogP contribution >= 0.6 is 11.3 Å². The average molecular weight is 253 g/mol. The summed E-state index contributed by atoms with van der Waals surface area (Å²) in [6.45, 7) is 5.94. The zero-order chi connectivity index (χ0) is 11.7. The highest BCUT2D eigenvalue weighted by Crippen LogP contribution is 2.41. The second-order valence-corrected chi connectivity index (χ2v) is 6.09. The first-order chi connectivity index (χ1) is 8.32. The van der Waals surface area contributed by atoms with Gasteiger partial charge in [0.25, 0.3) is 0 Å². The molecule has 0 saturated carbocycles. The van der Waals surface area contributed by atoms with E-state index in [0.29, 0.717) is 5.92 Å². The van der Waals surface area contributed by atoms with E-state index in [4.69, 9.17) is 9.47 Å². The fourth-order valence-corrected chi connectivity index (χ4v) is 3.86. The molecule has 0 aromatic carbocycles.